The van der Waals surface area contributed by atoms with Crippen LogP contribution >= 0.6 is 0 Å². The van der Waals surface area contributed by atoms with Crippen molar-refractivity contribution in [2.45, 2.75) is 23.6 Å². The zero-order valence-corrected chi connectivity index (χ0v) is 18.4. The van der Waals surface area contributed by atoms with Gasteiger partial charge in [0.05, 0.1) is 17.1 Å². The van der Waals surface area contributed by atoms with Crippen molar-refractivity contribution in [3.8, 4) is 17.2 Å². The van der Waals surface area contributed by atoms with Crippen molar-refractivity contribution >= 4 is 25.9 Å². The van der Waals surface area contributed by atoms with Crippen molar-refractivity contribution in [3.05, 3.63) is 81.9 Å². The molecule has 0 aromatic heterocycles. The van der Waals surface area contributed by atoms with Gasteiger partial charge in [-0.05, 0) is 38.1 Å². The Bertz CT molecular complexity index is 1280. The van der Waals surface area contributed by atoms with E-state index in [1.165, 1.54) is 48.5 Å². The minimum absolute atomic E-state index is 0.274. The van der Waals surface area contributed by atoms with E-state index in [-0.39, 0.29) is 9.79 Å². The molecule has 0 aliphatic carbocycles. The highest BCUT2D eigenvalue weighted by Crippen LogP contribution is 2.42. The molecule has 0 aliphatic heterocycles. The lowest BCUT2D eigenvalue weighted by Gasteiger charge is -2.13. The van der Waals surface area contributed by atoms with Gasteiger partial charge in [0.25, 0.3) is 5.69 Å². The normalized spacial score (nSPS) is 11.7. The molecule has 0 radical (unpaired) electrons. The summed E-state index contributed by atoms with van der Waals surface area (Å²) < 4.78 is 59.9. The van der Waals surface area contributed by atoms with Crippen LogP contribution in [0.5, 0.6) is 17.2 Å². The molecule has 3 aromatic rings. The van der Waals surface area contributed by atoms with Crippen LogP contribution in [-0.4, -0.2) is 26.9 Å². The third-order valence-corrected chi connectivity index (χ3v) is 6.75. The second kappa shape index (κ2) is 8.48. The first-order valence-electron chi connectivity index (χ1n) is 8.93. The Labute approximate surface area is 184 Å². The SMILES string of the molecule is Cc1ccc(S(=O)(=O)Oc2cc([N+](=O)[O-])cc(OS(=O)(=O)c3ccc(C)cc3)c2O)cc1. The molecule has 32 heavy (non-hydrogen) atoms. The Morgan fingerprint density at radius 2 is 1.09 bits per heavy atom. The fourth-order valence-corrected chi connectivity index (χ4v) is 4.40. The van der Waals surface area contributed by atoms with Gasteiger partial charge in [-0.1, -0.05) is 35.4 Å². The molecule has 0 saturated carbocycles. The Morgan fingerprint density at radius 3 is 1.41 bits per heavy atom. The fraction of sp³-hybridized carbons (Fsp3) is 0.100. The molecule has 3 rings (SSSR count). The minimum atomic E-state index is -4.50. The summed E-state index contributed by atoms with van der Waals surface area (Å²) in [6.07, 6.45) is 0. The molecule has 0 aliphatic rings. The standard InChI is InChI=1S/C20H17NO9S2/c1-13-3-7-16(8-4-13)31(25,26)29-18-11-15(21(23)24)12-19(20(18)22)30-32(27,28)17-9-5-14(2)6-10-17/h3-12,22H,1-2H3. The van der Waals surface area contributed by atoms with E-state index >= 15 is 0 Å². The van der Waals surface area contributed by atoms with Crippen molar-refractivity contribution in [2.75, 3.05) is 0 Å². The quantitative estimate of drug-likeness (QED) is 0.305. The molecular weight excluding hydrogens is 462 g/mol. The topological polar surface area (TPSA) is 150 Å². The molecule has 3 aromatic carbocycles. The maximum atomic E-state index is 12.5. The predicted molar refractivity (Wildman–Crippen MR) is 113 cm³/mol. The first-order chi connectivity index (χ1) is 14.9. The second-order valence-electron chi connectivity index (χ2n) is 6.75. The molecule has 0 saturated heterocycles. The molecular formula is C20H17NO9S2. The molecule has 10 nitrogen and oxygen atoms in total. The van der Waals surface area contributed by atoms with E-state index in [1.807, 2.05) is 0 Å². The summed E-state index contributed by atoms with van der Waals surface area (Å²) in [4.78, 5) is 9.81. The maximum absolute atomic E-state index is 12.5. The smallest absolute Gasteiger partial charge is 0.339 e. The van der Waals surface area contributed by atoms with Gasteiger partial charge in [0.1, 0.15) is 9.79 Å². The van der Waals surface area contributed by atoms with Gasteiger partial charge >= 0.3 is 20.2 Å². The van der Waals surface area contributed by atoms with Crippen LogP contribution in [0.2, 0.25) is 0 Å². The summed E-state index contributed by atoms with van der Waals surface area (Å²) in [5.74, 6) is -2.77. The molecule has 0 unspecified atom stereocenters. The summed E-state index contributed by atoms with van der Waals surface area (Å²) in [7, 11) is -9.00. The number of rotatable bonds is 7. The number of aromatic hydroxyl groups is 1. The highest BCUT2D eigenvalue weighted by molar-refractivity contribution is 7.87. The molecule has 0 atom stereocenters. The average molecular weight is 479 g/mol. The molecule has 0 fully saturated rings. The van der Waals surface area contributed by atoms with Crippen molar-refractivity contribution in [1.82, 2.24) is 0 Å². The van der Waals surface area contributed by atoms with Gasteiger partial charge in [0, 0.05) is 0 Å². The first-order valence-corrected chi connectivity index (χ1v) is 11.7. The van der Waals surface area contributed by atoms with Crippen LogP contribution in [0, 0.1) is 24.0 Å². The lowest BCUT2D eigenvalue weighted by atomic mass is 10.2. The van der Waals surface area contributed by atoms with Crippen LogP contribution in [0.15, 0.2) is 70.5 Å². The highest BCUT2D eigenvalue weighted by Gasteiger charge is 2.27. The van der Waals surface area contributed by atoms with Crippen molar-refractivity contribution in [1.29, 1.82) is 0 Å². The lowest BCUT2D eigenvalue weighted by Crippen LogP contribution is -2.12. The average Bonchev–Trinajstić information content (AvgIpc) is 2.71. The third-order valence-electron chi connectivity index (χ3n) is 4.25. The Hall–Kier alpha value is -3.64. The van der Waals surface area contributed by atoms with E-state index in [0.717, 1.165) is 11.1 Å². The Kier molecular flexibility index (Phi) is 6.10. The van der Waals surface area contributed by atoms with Crippen molar-refractivity contribution in [2.24, 2.45) is 0 Å². The molecule has 168 valence electrons. The fourth-order valence-electron chi connectivity index (χ4n) is 2.54. The summed E-state index contributed by atoms with van der Waals surface area (Å²) in [5, 5.41) is 21.7. The molecule has 0 amide bonds. The van der Waals surface area contributed by atoms with Crippen LogP contribution in [-0.2, 0) is 20.2 Å². The minimum Gasteiger partial charge on any atom is -0.502 e. The van der Waals surface area contributed by atoms with Crippen LogP contribution in [0.3, 0.4) is 0 Å². The largest absolute Gasteiger partial charge is 0.502 e. The van der Waals surface area contributed by atoms with Gasteiger partial charge in [0.15, 0.2) is 11.5 Å². The van der Waals surface area contributed by atoms with Crippen molar-refractivity contribution in [3.63, 3.8) is 0 Å². The number of nitrogens with zero attached hydrogens (tertiary/aromatic N) is 1. The summed E-state index contributed by atoms with van der Waals surface area (Å²) in [6, 6.07) is 12.3. The van der Waals surface area contributed by atoms with Crippen LogP contribution in [0.1, 0.15) is 11.1 Å². The first kappa shape index (κ1) is 23.0. The summed E-state index contributed by atoms with van der Waals surface area (Å²) in [6.45, 7) is 3.48. The van der Waals surface area contributed by atoms with Crippen molar-refractivity contribution < 1.29 is 35.2 Å². The number of hydrogen-bond acceptors (Lipinski definition) is 9. The highest BCUT2D eigenvalue weighted by atomic mass is 32.2. The third kappa shape index (κ3) is 4.98. The molecule has 0 spiro atoms. The lowest BCUT2D eigenvalue weighted by molar-refractivity contribution is -0.385. The monoisotopic (exact) mass is 479 g/mol. The Morgan fingerprint density at radius 1 is 0.750 bits per heavy atom. The molecule has 12 heteroatoms. The number of aryl methyl sites for hydroxylation is 2. The number of nitro groups is 1. The van der Waals surface area contributed by atoms with Gasteiger partial charge in [-0.25, -0.2) is 0 Å². The van der Waals surface area contributed by atoms with Gasteiger partial charge in [0.2, 0.25) is 5.75 Å². The molecule has 1 N–H and O–H groups in total. The van der Waals surface area contributed by atoms with E-state index < -0.39 is 48.1 Å². The zero-order valence-electron chi connectivity index (χ0n) is 16.8. The predicted octanol–water partition coefficient (Wildman–Crippen LogP) is 3.45. The molecule has 0 bridgehead atoms. The summed E-state index contributed by atoms with van der Waals surface area (Å²) >= 11 is 0. The van der Waals surface area contributed by atoms with E-state index in [4.69, 9.17) is 8.37 Å². The van der Waals surface area contributed by atoms with Gasteiger partial charge < -0.3 is 13.5 Å². The summed E-state index contributed by atoms with van der Waals surface area (Å²) in [5.41, 5.74) is 0.796. The van der Waals surface area contributed by atoms with Gasteiger partial charge in [-0.2, -0.15) is 16.8 Å². The maximum Gasteiger partial charge on any atom is 0.339 e. The van der Waals surface area contributed by atoms with E-state index in [0.29, 0.717) is 12.1 Å². The number of non-ortho nitro benzene ring substituents is 1. The van der Waals surface area contributed by atoms with Gasteiger partial charge in [-0.15, -0.1) is 0 Å². The van der Waals surface area contributed by atoms with Crippen LogP contribution in [0.4, 0.5) is 5.69 Å². The Balaban J connectivity index is 2.04. The van der Waals surface area contributed by atoms with Crippen LogP contribution < -0.4 is 8.37 Å². The number of nitro benzene ring substituents is 1. The molecule has 0 heterocycles. The van der Waals surface area contributed by atoms with Crippen LogP contribution in [0.25, 0.3) is 0 Å². The number of benzene rings is 3. The zero-order chi connectivity index (χ0) is 23.7. The second-order valence-corrected chi connectivity index (χ2v) is 9.84. The number of phenolic OH excluding ortho intramolecular Hbond substituents is 1. The van der Waals surface area contributed by atoms with E-state index in [1.54, 1.807) is 13.8 Å². The van der Waals surface area contributed by atoms with E-state index in [2.05, 4.69) is 0 Å². The number of phenols is 1. The van der Waals surface area contributed by atoms with Gasteiger partial charge in [-0.3, -0.25) is 10.1 Å². The number of hydrogen-bond donors (Lipinski definition) is 1. The van der Waals surface area contributed by atoms with E-state index in [9.17, 15) is 32.1 Å².